The minimum Gasteiger partial charge on any atom is -0.304 e. The molecule has 0 aromatic rings. The number of nitrogens with zero attached hydrogens (tertiary/aromatic N) is 4. The molecule has 4 heteroatoms. The quantitative estimate of drug-likeness (QED) is 0.713. The molecule has 0 unspecified atom stereocenters. The third-order valence-corrected chi connectivity index (χ3v) is 3.86. The van der Waals surface area contributed by atoms with E-state index in [-0.39, 0.29) is 0 Å². The first-order valence-electron chi connectivity index (χ1n) is 7.39. The van der Waals surface area contributed by atoms with Gasteiger partial charge in [-0.2, -0.15) is 0 Å². The van der Waals surface area contributed by atoms with E-state index in [1.165, 1.54) is 65.3 Å². The van der Waals surface area contributed by atoms with Crippen LogP contribution in [-0.2, 0) is 0 Å². The van der Waals surface area contributed by atoms with Crippen LogP contribution < -0.4 is 0 Å². The van der Waals surface area contributed by atoms with Gasteiger partial charge in [-0.1, -0.05) is 6.92 Å². The molecule has 0 N–H and O–H groups in total. The van der Waals surface area contributed by atoms with Gasteiger partial charge >= 0.3 is 0 Å². The van der Waals surface area contributed by atoms with Crippen LogP contribution in [0.15, 0.2) is 0 Å². The summed E-state index contributed by atoms with van der Waals surface area (Å²) in [6, 6.07) is 0. The molecule has 0 radical (unpaired) electrons. The van der Waals surface area contributed by atoms with Crippen molar-refractivity contribution in [1.82, 2.24) is 19.6 Å². The first kappa shape index (κ1) is 15.9. The van der Waals surface area contributed by atoms with Gasteiger partial charge in [0.15, 0.2) is 0 Å². The Bertz CT molecular complexity index is 184. The number of hydrogen-bond donors (Lipinski definition) is 0. The largest absolute Gasteiger partial charge is 0.304 e. The van der Waals surface area contributed by atoms with Crippen LogP contribution in [-0.4, -0.2) is 99.6 Å². The molecule has 2 aliphatic rings. The van der Waals surface area contributed by atoms with Gasteiger partial charge in [0.25, 0.3) is 0 Å². The van der Waals surface area contributed by atoms with Gasteiger partial charge in [-0.25, -0.2) is 0 Å². The molecule has 0 aromatic heterocycles. The van der Waals surface area contributed by atoms with E-state index in [4.69, 9.17) is 0 Å². The minimum atomic E-state index is 1.23. The molecule has 0 spiro atoms. The summed E-state index contributed by atoms with van der Waals surface area (Å²) in [6.07, 6.45) is 1.30. The minimum absolute atomic E-state index is 1.23. The molecule has 0 bridgehead atoms. The summed E-state index contributed by atoms with van der Waals surface area (Å²) in [5, 5.41) is 0. The van der Waals surface area contributed by atoms with Gasteiger partial charge in [0.1, 0.15) is 0 Å². The lowest BCUT2D eigenvalue weighted by Gasteiger charge is -2.31. The molecular weight excluding hydrogens is 224 g/mol. The van der Waals surface area contributed by atoms with Crippen molar-refractivity contribution < 1.29 is 0 Å². The summed E-state index contributed by atoms with van der Waals surface area (Å²) in [7, 11) is 6.54. The first-order chi connectivity index (χ1) is 8.61. The zero-order valence-corrected chi connectivity index (χ0v) is 12.9. The highest BCUT2D eigenvalue weighted by molar-refractivity contribution is 4.68. The fourth-order valence-electron chi connectivity index (χ4n) is 2.29. The van der Waals surface area contributed by atoms with Crippen molar-refractivity contribution in [2.45, 2.75) is 13.3 Å². The second-order valence-corrected chi connectivity index (χ2v) is 5.75. The van der Waals surface area contributed by atoms with Crippen molar-refractivity contribution in [3.8, 4) is 0 Å². The lowest BCUT2D eigenvalue weighted by molar-refractivity contribution is 0.154. The highest BCUT2D eigenvalue weighted by Crippen LogP contribution is 1.98. The van der Waals surface area contributed by atoms with E-state index < -0.39 is 0 Å². The zero-order valence-electron chi connectivity index (χ0n) is 12.9. The Kier molecular flexibility index (Phi) is 7.82. The van der Waals surface area contributed by atoms with E-state index in [0.29, 0.717) is 0 Å². The van der Waals surface area contributed by atoms with Crippen molar-refractivity contribution in [2.24, 2.45) is 0 Å². The Morgan fingerprint density at radius 1 is 0.611 bits per heavy atom. The predicted octanol–water partition coefficient (Wildman–Crippen LogP) is 0.507. The van der Waals surface area contributed by atoms with Crippen LogP contribution >= 0.6 is 0 Å². The molecule has 18 heavy (non-hydrogen) atoms. The molecule has 0 saturated carbocycles. The van der Waals surface area contributed by atoms with Gasteiger partial charge < -0.3 is 19.6 Å². The molecular formula is C14H32N4. The summed E-state index contributed by atoms with van der Waals surface area (Å²) < 4.78 is 0. The van der Waals surface area contributed by atoms with Gasteiger partial charge in [-0.3, -0.25) is 0 Å². The van der Waals surface area contributed by atoms with Gasteiger partial charge in [-0.15, -0.1) is 0 Å². The van der Waals surface area contributed by atoms with Crippen molar-refractivity contribution in [3.05, 3.63) is 0 Å². The number of rotatable bonds is 2. The normalized spacial score (nSPS) is 24.7. The summed E-state index contributed by atoms with van der Waals surface area (Å²) in [6.45, 7) is 13.5. The fraction of sp³-hybridized carbons (Fsp3) is 1.00. The topological polar surface area (TPSA) is 13.0 Å². The van der Waals surface area contributed by atoms with Crippen LogP contribution in [0.1, 0.15) is 13.3 Å². The molecule has 2 aliphatic heterocycles. The number of hydrogen-bond acceptors (Lipinski definition) is 4. The van der Waals surface area contributed by atoms with E-state index in [9.17, 15) is 0 Å². The number of piperazine rings is 2. The molecule has 0 atom stereocenters. The van der Waals surface area contributed by atoms with Crippen molar-refractivity contribution in [1.29, 1.82) is 0 Å². The molecule has 108 valence electrons. The lowest BCUT2D eigenvalue weighted by Crippen LogP contribution is -2.44. The summed E-state index contributed by atoms with van der Waals surface area (Å²) >= 11 is 0. The Morgan fingerprint density at radius 3 is 1.28 bits per heavy atom. The third-order valence-electron chi connectivity index (χ3n) is 3.86. The van der Waals surface area contributed by atoms with Crippen molar-refractivity contribution in [2.75, 3.05) is 80.0 Å². The maximum atomic E-state index is 2.54. The molecule has 0 aromatic carbocycles. The SMILES string of the molecule is CCCN1CCN(C)CC1.CN1CCN(C)CC1. The zero-order chi connectivity index (χ0) is 13.4. The Morgan fingerprint density at radius 2 is 0.944 bits per heavy atom. The summed E-state index contributed by atoms with van der Waals surface area (Å²) in [4.78, 5) is 9.66. The Hall–Kier alpha value is -0.160. The van der Waals surface area contributed by atoms with Gasteiger partial charge in [-0.05, 0) is 34.1 Å². The van der Waals surface area contributed by atoms with Crippen LogP contribution in [0, 0.1) is 0 Å². The number of likely N-dealkylation sites (N-methyl/N-ethyl adjacent to an activating group) is 3. The highest BCUT2D eigenvalue weighted by Gasteiger charge is 2.11. The second-order valence-electron chi connectivity index (χ2n) is 5.75. The third kappa shape index (κ3) is 6.69. The van der Waals surface area contributed by atoms with Crippen LogP contribution in [0.5, 0.6) is 0 Å². The van der Waals surface area contributed by atoms with Crippen molar-refractivity contribution >= 4 is 0 Å². The highest BCUT2D eigenvalue weighted by atomic mass is 15.2. The molecule has 2 heterocycles. The average Bonchev–Trinajstić information content (AvgIpc) is 2.37. The van der Waals surface area contributed by atoms with Crippen LogP contribution in [0.2, 0.25) is 0 Å². The van der Waals surface area contributed by atoms with Gasteiger partial charge in [0.05, 0.1) is 0 Å². The van der Waals surface area contributed by atoms with E-state index in [1.54, 1.807) is 0 Å². The molecule has 0 aliphatic carbocycles. The maximum Gasteiger partial charge on any atom is 0.0110 e. The van der Waals surface area contributed by atoms with Gasteiger partial charge in [0.2, 0.25) is 0 Å². The van der Waals surface area contributed by atoms with Crippen LogP contribution in [0.25, 0.3) is 0 Å². The van der Waals surface area contributed by atoms with Gasteiger partial charge in [0, 0.05) is 52.4 Å². The smallest absolute Gasteiger partial charge is 0.0110 e. The van der Waals surface area contributed by atoms with Crippen LogP contribution in [0.3, 0.4) is 0 Å². The molecule has 2 fully saturated rings. The standard InChI is InChI=1S/C8H18N2.C6H14N2/c1-3-4-10-7-5-9(2)6-8-10;1-7-3-5-8(2)6-4-7/h3-8H2,1-2H3;3-6H2,1-2H3. The average molecular weight is 256 g/mol. The van der Waals surface area contributed by atoms with E-state index in [0.717, 1.165) is 0 Å². The van der Waals surface area contributed by atoms with E-state index in [1.807, 2.05) is 0 Å². The second kappa shape index (κ2) is 8.86. The predicted molar refractivity (Wildman–Crippen MR) is 79.2 cm³/mol. The molecule has 0 amide bonds. The first-order valence-corrected chi connectivity index (χ1v) is 7.39. The summed E-state index contributed by atoms with van der Waals surface area (Å²) in [5.41, 5.74) is 0. The summed E-state index contributed by atoms with van der Waals surface area (Å²) in [5.74, 6) is 0. The Labute approximate surface area is 114 Å². The van der Waals surface area contributed by atoms with E-state index in [2.05, 4.69) is 47.7 Å². The lowest BCUT2D eigenvalue weighted by atomic mass is 10.3. The van der Waals surface area contributed by atoms with Crippen LogP contribution in [0.4, 0.5) is 0 Å². The van der Waals surface area contributed by atoms with Crippen molar-refractivity contribution in [3.63, 3.8) is 0 Å². The Balaban J connectivity index is 0.000000184. The molecule has 4 nitrogen and oxygen atoms in total. The monoisotopic (exact) mass is 256 g/mol. The van der Waals surface area contributed by atoms with E-state index >= 15 is 0 Å². The maximum absolute atomic E-state index is 2.54. The molecule has 2 saturated heterocycles. The molecule has 2 rings (SSSR count). The fourth-order valence-corrected chi connectivity index (χ4v) is 2.29.